The van der Waals surface area contributed by atoms with Crippen LogP contribution in [0.1, 0.15) is 25.7 Å². The first-order valence-corrected chi connectivity index (χ1v) is 10.7. The van der Waals surface area contributed by atoms with Crippen LogP contribution in [-0.2, 0) is 19.9 Å². The summed E-state index contributed by atoms with van der Waals surface area (Å²) in [4.78, 5) is -0.688. The summed E-state index contributed by atoms with van der Waals surface area (Å²) >= 11 is 0. The second kappa shape index (κ2) is 5.49. The number of fused-ring (bicyclic) bond motifs is 2. The molecule has 0 aromatic heterocycles. The highest BCUT2D eigenvalue weighted by atomic mass is 32.2. The lowest BCUT2D eigenvalue weighted by Gasteiger charge is -2.37. The topological polar surface area (TPSA) is 71.5 Å². The summed E-state index contributed by atoms with van der Waals surface area (Å²) in [5.41, 5.74) is 0. The minimum absolute atomic E-state index is 0.200. The third-order valence-corrected chi connectivity index (χ3v) is 8.29. The van der Waals surface area contributed by atoms with E-state index in [1.807, 2.05) is 0 Å². The normalized spacial score (nSPS) is 28.9. The first kappa shape index (κ1) is 16.8. The summed E-state index contributed by atoms with van der Waals surface area (Å²) in [6, 6.07) is 1.35. The molecular weight excluding hydrogens is 348 g/mol. The minimum atomic E-state index is -4.20. The van der Waals surface area contributed by atoms with E-state index in [1.54, 1.807) is 0 Å². The van der Waals surface area contributed by atoms with E-state index in [1.165, 1.54) is 4.31 Å². The van der Waals surface area contributed by atoms with Crippen molar-refractivity contribution in [1.29, 1.82) is 0 Å². The van der Waals surface area contributed by atoms with Crippen LogP contribution >= 0.6 is 0 Å². The van der Waals surface area contributed by atoms with E-state index in [4.69, 9.17) is 0 Å². The average Bonchev–Trinajstić information content (AvgIpc) is 2.72. The van der Waals surface area contributed by atoms with Gasteiger partial charge in [-0.3, -0.25) is 0 Å². The van der Waals surface area contributed by atoms with Gasteiger partial charge < -0.3 is 0 Å². The zero-order valence-corrected chi connectivity index (χ0v) is 14.1. The highest BCUT2D eigenvalue weighted by molar-refractivity contribution is 7.91. The molecular formula is C14H17F2NO4S2. The number of nitrogens with zero attached hydrogens (tertiary/aromatic N) is 1. The molecule has 0 spiro atoms. The van der Waals surface area contributed by atoms with Crippen LogP contribution in [0.2, 0.25) is 0 Å². The van der Waals surface area contributed by atoms with Crippen molar-refractivity contribution in [3.63, 3.8) is 0 Å². The molecule has 2 fully saturated rings. The largest absolute Gasteiger partial charge is 0.246 e. The summed E-state index contributed by atoms with van der Waals surface area (Å²) in [7, 11) is -7.45. The fourth-order valence-corrected chi connectivity index (χ4v) is 6.73. The van der Waals surface area contributed by atoms with Gasteiger partial charge in [0.1, 0.15) is 26.4 Å². The molecule has 128 valence electrons. The lowest BCUT2D eigenvalue weighted by atomic mass is 10.1. The number of sulfonamides is 1. The molecule has 0 N–H and O–H groups in total. The Morgan fingerprint density at radius 2 is 1.61 bits per heavy atom. The molecule has 2 atom stereocenters. The molecule has 0 aliphatic carbocycles. The van der Waals surface area contributed by atoms with E-state index in [2.05, 4.69) is 0 Å². The van der Waals surface area contributed by atoms with Gasteiger partial charge in [0, 0.05) is 18.3 Å². The predicted octanol–water partition coefficient (Wildman–Crippen LogP) is 1.69. The van der Waals surface area contributed by atoms with Crippen molar-refractivity contribution in [3.8, 4) is 0 Å². The summed E-state index contributed by atoms with van der Waals surface area (Å²) in [5, 5.41) is -0.580. The Morgan fingerprint density at radius 3 is 2.13 bits per heavy atom. The van der Waals surface area contributed by atoms with Gasteiger partial charge in [0.15, 0.2) is 0 Å². The molecule has 9 heteroatoms. The average molecular weight is 365 g/mol. The van der Waals surface area contributed by atoms with Gasteiger partial charge in [0.25, 0.3) is 0 Å². The van der Waals surface area contributed by atoms with Gasteiger partial charge in [-0.25, -0.2) is 25.6 Å². The molecule has 23 heavy (non-hydrogen) atoms. The molecule has 2 heterocycles. The SMILES string of the molecule is CS(=O)(=O)C1CC2CCC(C1)N2S(=O)(=O)c1cc(F)ccc1F. The summed E-state index contributed by atoms with van der Waals surface area (Å²) in [6.45, 7) is 0. The molecule has 2 unspecified atom stereocenters. The molecule has 0 saturated carbocycles. The number of rotatable bonds is 3. The van der Waals surface area contributed by atoms with Gasteiger partial charge in [0.2, 0.25) is 10.0 Å². The fourth-order valence-electron chi connectivity index (χ4n) is 3.61. The summed E-state index contributed by atoms with van der Waals surface area (Å²) < 4.78 is 77.4. The standard InChI is InChI=1S/C14H17F2NO4S2/c1-22(18,19)12-7-10-3-4-11(8-12)17(10)23(20,21)14-6-9(15)2-5-13(14)16/h2,5-6,10-12H,3-4,7-8H2,1H3. The van der Waals surface area contributed by atoms with Gasteiger partial charge in [-0.15, -0.1) is 0 Å². The van der Waals surface area contributed by atoms with Gasteiger partial charge in [-0.05, 0) is 43.9 Å². The van der Waals surface area contributed by atoms with Crippen molar-refractivity contribution in [2.45, 2.75) is 47.9 Å². The zero-order valence-electron chi connectivity index (χ0n) is 12.4. The number of benzene rings is 1. The van der Waals surface area contributed by atoms with E-state index in [0.29, 0.717) is 18.9 Å². The van der Waals surface area contributed by atoms with Crippen molar-refractivity contribution in [1.82, 2.24) is 4.31 Å². The number of hydrogen-bond acceptors (Lipinski definition) is 4. The van der Waals surface area contributed by atoms with Crippen molar-refractivity contribution >= 4 is 19.9 Å². The lowest BCUT2D eigenvalue weighted by Crippen LogP contribution is -2.49. The van der Waals surface area contributed by atoms with Gasteiger partial charge >= 0.3 is 0 Å². The third kappa shape index (κ3) is 2.89. The van der Waals surface area contributed by atoms with E-state index in [9.17, 15) is 25.6 Å². The molecule has 1 aromatic carbocycles. The van der Waals surface area contributed by atoms with Crippen LogP contribution in [0.25, 0.3) is 0 Å². The van der Waals surface area contributed by atoms with Crippen LogP contribution in [0.15, 0.2) is 23.1 Å². The molecule has 2 bridgehead atoms. The maximum atomic E-state index is 13.9. The van der Waals surface area contributed by atoms with Crippen LogP contribution < -0.4 is 0 Å². The molecule has 1 aromatic rings. The van der Waals surface area contributed by atoms with Crippen molar-refractivity contribution in [3.05, 3.63) is 29.8 Å². The van der Waals surface area contributed by atoms with Gasteiger partial charge in [-0.2, -0.15) is 4.31 Å². The highest BCUT2D eigenvalue weighted by Gasteiger charge is 2.49. The van der Waals surface area contributed by atoms with Crippen molar-refractivity contribution < 1.29 is 25.6 Å². The van der Waals surface area contributed by atoms with Crippen LogP contribution in [0.5, 0.6) is 0 Å². The maximum absolute atomic E-state index is 13.9. The lowest BCUT2D eigenvalue weighted by molar-refractivity contribution is 0.248. The molecule has 5 nitrogen and oxygen atoms in total. The van der Waals surface area contributed by atoms with Crippen LogP contribution in [-0.4, -0.2) is 44.7 Å². The Kier molecular flexibility index (Phi) is 4.01. The Hall–Kier alpha value is -1.06. The van der Waals surface area contributed by atoms with Crippen LogP contribution in [0.4, 0.5) is 8.78 Å². The van der Waals surface area contributed by atoms with Crippen LogP contribution in [0, 0.1) is 11.6 Å². The molecule has 2 saturated heterocycles. The number of piperidine rings is 1. The van der Waals surface area contributed by atoms with Gasteiger partial charge in [0.05, 0.1) is 5.25 Å². The molecule has 2 aliphatic rings. The highest BCUT2D eigenvalue weighted by Crippen LogP contribution is 2.41. The molecule has 2 aliphatic heterocycles. The summed E-state index contributed by atoms with van der Waals surface area (Å²) in [5.74, 6) is -1.83. The Labute approximate surface area is 134 Å². The van der Waals surface area contributed by atoms with E-state index < -0.39 is 53.7 Å². The molecule has 0 radical (unpaired) electrons. The summed E-state index contributed by atoms with van der Waals surface area (Å²) in [6.07, 6.45) is 2.62. The monoisotopic (exact) mass is 365 g/mol. The van der Waals surface area contributed by atoms with Crippen molar-refractivity contribution in [2.24, 2.45) is 0 Å². The number of sulfone groups is 1. The second-order valence-corrected chi connectivity index (χ2v) is 10.4. The Balaban J connectivity index is 1.98. The molecule has 0 amide bonds. The Bertz CT molecular complexity index is 824. The maximum Gasteiger partial charge on any atom is 0.246 e. The smallest absolute Gasteiger partial charge is 0.229 e. The number of hydrogen-bond donors (Lipinski definition) is 0. The third-order valence-electron chi connectivity index (χ3n) is 4.68. The number of halogens is 2. The van der Waals surface area contributed by atoms with E-state index in [0.717, 1.165) is 18.4 Å². The first-order valence-electron chi connectivity index (χ1n) is 7.28. The Morgan fingerprint density at radius 1 is 1.04 bits per heavy atom. The van der Waals surface area contributed by atoms with Gasteiger partial charge in [-0.1, -0.05) is 0 Å². The minimum Gasteiger partial charge on any atom is -0.229 e. The van der Waals surface area contributed by atoms with Crippen LogP contribution in [0.3, 0.4) is 0 Å². The first-order chi connectivity index (χ1) is 10.6. The predicted molar refractivity (Wildman–Crippen MR) is 80.1 cm³/mol. The van der Waals surface area contributed by atoms with E-state index >= 15 is 0 Å². The molecule has 3 rings (SSSR count). The zero-order chi connectivity index (χ0) is 17.0. The van der Waals surface area contributed by atoms with E-state index in [-0.39, 0.29) is 12.8 Å². The fraction of sp³-hybridized carbons (Fsp3) is 0.571. The van der Waals surface area contributed by atoms with Crippen molar-refractivity contribution in [2.75, 3.05) is 6.26 Å². The second-order valence-electron chi connectivity index (χ2n) is 6.22. The quantitative estimate of drug-likeness (QED) is 0.817.